The molecular formula is C8H15FO3S. The van der Waals surface area contributed by atoms with Crippen LogP contribution >= 0.6 is 0 Å². The molecule has 0 aliphatic heterocycles. The zero-order chi connectivity index (χ0) is 10.3. The highest BCUT2D eigenvalue weighted by Crippen LogP contribution is 2.04. The van der Waals surface area contributed by atoms with Crippen molar-refractivity contribution in [3.8, 4) is 0 Å². The topological polar surface area (TPSA) is 43.4 Å². The molecule has 0 aromatic carbocycles. The van der Waals surface area contributed by atoms with Crippen molar-refractivity contribution in [3.63, 3.8) is 0 Å². The molecule has 0 amide bonds. The fourth-order valence-electron chi connectivity index (χ4n) is 0.809. The Balaban J connectivity index is 3.75. The van der Waals surface area contributed by atoms with Gasteiger partial charge in [-0.3, -0.25) is 13.4 Å². The van der Waals surface area contributed by atoms with E-state index in [4.69, 9.17) is 0 Å². The molecule has 5 heteroatoms. The van der Waals surface area contributed by atoms with Crippen LogP contribution in [0.5, 0.6) is 0 Å². The highest BCUT2D eigenvalue weighted by atomic mass is 32.2. The molecule has 0 radical (unpaired) electrons. The number of carbonyl (C=O) groups is 1. The first-order valence-electron chi connectivity index (χ1n) is 4.11. The van der Waals surface area contributed by atoms with E-state index in [1.165, 1.54) is 7.11 Å². The van der Waals surface area contributed by atoms with Crippen LogP contribution < -0.4 is 0 Å². The molecule has 2 atom stereocenters. The Bertz CT molecular complexity index is 184. The van der Waals surface area contributed by atoms with Gasteiger partial charge in [-0.2, -0.15) is 0 Å². The van der Waals surface area contributed by atoms with Gasteiger partial charge in [-0.1, -0.05) is 6.92 Å². The lowest BCUT2D eigenvalue weighted by molar-refractivity contribution is -0.140. The van der Waals surface area contributed by atoms with Gasteiger partial charge in [-0.05, 0) is 6.42 Å². The van der Waals surface area contributed by atoms with Crippen LogP contribution in [-0.2, 0) is 20.3 Å². The highest BCUT2D eigenvalue weighted by Gasteiger charge is 2.15. The molecule has 0 spiro atoms. The third-order valence-electron chi connectivity index (χ3n) is 1.61. The number of rotatable bonds is 6. The van der Waals surface area contributed by atoms with Crippen molar-refractivity contribution in [2.75, 3.05) is 19.5 Å². The number of alkyl halides is 1. The molecule has 0 saturated heterocycles. The van der Waals surface area contributed by atoms with Gasteiger partial charge in [0, 0.05) is 21.8 Å². The minimum Gasteiger partial charge on any atom is -0.469 e. The Morgan fingerprint density at radius 3 is 2.69 bits per heavy atom. The van der Waals surface area contributed by atoms with Crippen LogP contribution in [0.2, 0.25) is 0 Å². The summed E-state index contributed by atoms with van der Waals surface area (Å²) in [5.74, 6) is -0.0598. The van der Waals surface area contributed by atoms with Crippen LogP contribution in [0.4, 0.5) is 4.39 Å². The molecule has 0 fully saturated rings. The van der Waals surface area contributed by atoms with E-state index < -0.39 is 17.5 Å². The van der Waals surface area contributed by atoms with Crippen LogP contribution in [0.15, 0.2) is 0 Å². The second kappa shape index (κ2) is 7.00. The minimum absolute atomic E-state index is 0.134. The van der Waals surface area contributed by atoms with Crippen molar-refractivity contribution in [3.05, 3.63) is 0 Å². The van der Waals surface area contributed by atoms with Gasteiger partial charge in [0.1, 0.15) is 0 Å². The second-order valence-corrected chi connectivity index (χ2v) is 4.69. The lowest BCUT2D eigenvalue weighted by atomic mass is 10.3. The fraction of sp³-hybridized carbons (Fsp3) is 0.875. The summed E-state index contributed by atoms with van der Waals surface area (Å²) >= 11 is 0. The summed E-state index contributed by atoms with van der Waals surface area (Å²) in [6.45, 7) is 1.24. The van der Waals surface area contributed by atoms with Crippen molar-refractivity contribution in [1.82, 2.24) is 0 Å². The van der Waals surface area contributed by atoms with Gasteiger partial charge in [0.25, 0.3) is 0 Å². The number of halogens is 1. The van der Waals surface area contributed by atoms with E-state index in [1.807, 2.05) is 0 Å². The number of ether oxygens (including phenoxy) is 1. The molecule has 0 heterocycles. The number of methoxy groups -OCH3 is 1. The average molecular weight is 210 g/mol. The Kier molecular flexibility index (Phi) is 6.76. The molecule has 0 saturated carbocycles. The van der Waals surface area contributed by atoms with Crippen molar-refractivity contribution >= 4 is 16.8 Å². The maximum Gasteiger partial charge on any atom is 0.306 e. The van der Waals surface area contributed by atoms with Gasteiger partial charge >= 0.3 is 5.97 Å². The van der Waals surface area contributed by atoms with E-state index in [0.29, 0.717) is 5.75 Å². The molecule has 0 bridgehead atoms. The summed E-state index contributed by atoms with van der Waals surface area (Å²) in [5, 5.41) is -0.251. The molecule has 0 aliphatic rings. The molecule has 78 valence electrons. The van der Waals surface area contributed by atoms with Crippen LogP contribution in [0.3, 0.4) is 0 Å². The van der Waals surface area contributed by atoms with E-state index in [1.54, 1.807) is 6.92 Å². The number of hydrogen-bond donors (Lipinski definition) is 0. The third kappa shape index (κ3) is 5.74. The van der Waals surface area contributed by atoms with Crippen LogP contribution in [0.1, 0.15) is 19.8 Å². The molecule has 0 aromatic rings. The maximum atomic E-state index is 11.7. The second-order valence-electron chi connectivity index (χ2n) is 2.72. The quantitative estimate of drug-likeness (QED) is 0.615. The van der Waals surface area contributed by atoms with Crippen LogP contribution in [-0.4, -0.2) is 35.0 Å². The fourth-order valence-corrected chi connectivity index (χ4v) is 1.93. The molecule has 0 aliphatic carbocycles. The monoisotopic (exact) mass is 210 g/mol. The molecule has 0 rings (SSSR count). The lowest BCUT2D eigenvalue weighted by Gasteiger charge is -2.08. The highest BCUT2D eigenvalue weighted by molar-refractivity contribution is 7.85. The van der Waals surface area contributed by atoms with Gasteiger partial charge in [-0.25, -0.2) is 0 Å². The average Bonchev–Trinajstić information content (AvgIpc) is 2.13. The van der Waals surface area contributed by atoms with E-state index in [-0.39, 0.29) is 24.1 Å². The molecule has 0 aromatic heterocycles. The third-order valence-corrected chi connectivity index (χ3v) is 3.37. The van der Waals surface area contributed by atoms with Crippen molar-refractivity contribution in [2.45, 2.75) is 25.0 Å². The molecular weight excluding hydrogens is 195 g/mol. The number of hydrogen-bond acceptors (Lipinski definition) is 3. The molecule has 13 heavy (non-hydrogen) atoms. The first-order valence-corrected chi connectivity index (χ1v) is 5.50. The lowest BCUT2D eigenvalue weighted by Crippen LogP contribution is -2.19. The first kappa shape index (κ1) is 12.6. The Morgan fingerprint density at radius 1 is 1.62 bits per heavy atom. The normalized spacial score (nSPS) is 15.0. The van der Waals surface area contributed by atoms with Crippen LogP contribution in [0.25, 0.3) is 0 Å². The summed E-state index contributed by atoms with van der Waals surface area (Å²) in [6, 6.07) is 0. The molecule has 0 N–H and O–H groups in total. The van der Waals surface area contributed by atoms with E-state index >= 15 is 0 Å². The Morgan fingerprint density at radius 2 is 2.23 bits per heavy atom. The maximum absolute atomic E-state index is 11.7. The van der Waals surface area contributed by atoms with Gasteiger partial charge in [0.15, 0.2) is 0 Å². The standard InChI is InChI=1S/C8H15FO3S/c1-7(6-8(10)12-2)13(11)5-3-4-9/h7H,3-6H2,1-2H3. The van der Waals surface area contributed by atoms with Gasteiger partial charge in [0.2, 0.25) is 0 Å². The Hall–Kier alpha value is -0.450. The number of carbonyl (C=O) groups excluding carboxylic acids is 1. The van der Waals surface area contributed by atoms with E-state index in [9.17, 15) is 13.4 Å². The zero-order valence-corrected chi connectivity index (χ0v) is 8.73. The van der Waals surface area contributed by atoms with Gasteiger partial charge < -0.3 is 4.74 Å². The predicted molar refractivity (Wildman–Crippen MR) is 49.7 cm³/mol. The minimum atomic E-state index is -1.13. The summed E-state index contributed by atoms with van der Waals surface area (Å²) < 4.78 is 27.4. The summed E-state index contributed by atoms with van der Waals surface area (Å²) in [6.07, 6.45) is 0.424. The SMILES string of the molecule is COC(=O)CC(C)S(=O)CCCF. The molecule has 2 unspecified atom stereocenters. The van der Waals surface area contributed by atoms with Gasteiger partial charge in [0.05, 0.1) is 20.2 Å². The summed E-state index contributed by atoms with van der Waals surface area (Å²) in [4.78, 5) is 10.8. The first-order chi connectivity index (χ1) is 6.11. The largest absolute Gasteiger partial charge is 0.469 e. The zero-order valence-electron chi connectivity index (χ0n) is 7.92. The predicted octanol–water partition coefficient (Wildman–Crippen LogP) is 1.05. The van der Waals surface area contributed by atoms with E-state index in [2.05, 4.69) is 4.74 Å². The van der Waals surface area contributed by atoms with Crippen molar-refractivity contribution < 1.29 is 18.1 Å². The Labute approximate surface area is 80.1 Å². The smallest absolute Gasteiger partial charge is 0.306 e. The van der Waals surface area contributed by atoms with Crippen molar-refractivity contribution in [2.24, 2.45) is 0 Å². The van der Waals surface area contributed by atoms with Crippen LogP contribution in [0, 0.1) is 0 Å². The van der Waals surface area contributed by atoms with Gasteiger partial charge in [-0.15, -0.1) is 0 Å². The summed E-state index contributed by atoms with van der Waals surface area (Å²) in [7, 11) is 0.164. The van der Waals surface area contributed by atoms with Crippen molar-refractivity contribution in [1.29, 1.82) is 0 Å². The van der Waals surface area contributed by atoms with E-state index in [0.717, 1.165) is 0 Å². The molecule has 3 nitrogen and oxygen atoms in total. The number of esters is 1. The summed E-state index contributed by atoms with van der Waals surface area (Å²) in [5.41, 5.74) is 0.